The number of nitrogens with one attached hydrogen (secondary N) is 1. The zero-order valence-corrected chi connectivity index (χ0v) is 13.7. The smallest absolute Gasteiger partial charge is 0.0843 e. The van der Waals surface area contributed by atoms with E-state index in [-0.39, 0.29) is 12.4 Å². The van der Waals surface area contributed by atoms with Crippen LogP contribution in [0.25, 0.3) is 10.9 Å². The molecule has 0 amide bonds. The van der Waals surface area contributed by atoms with Gasteiger partial charge in [0.25, 0.3) is 0 Å². The summed E-state index contributed by atoms with van der Waals surface area (Å²) in [7, 11) is 2.07. The van der Waals surface area contributed by atoms with Crippen LogP contribution in [0.3, 0.4) is 0 Å². The van der Waals surface area contributed by atoms with Crippen molar-refractivity contribution in [1.82, 2.24) is 20.0 Å². The van der Waals surface area contributed by atoms with Gasteiger partial charge in [0.1, 0.15) is 0 Å². The molecule has 4 nitrogen and oxygen atoms in total. The van der Waals surface area contributed by atoms with Crippen LogP contribution in [0.4, 0.5) is 0 Å². The van der Waals surface area contributed by atoms with Crippen molar-refractivity contribution in [2.75, 3.05) is 20.1 Å². The summed E-state index contributed by atoms with van der Waals surface area (Å²) in [6, 6.07) is 9.27. The number of halogens is 1. The molecule has 0 unspecified atom stereocenters. The van der Waals surface area contributed by atoms with Crippen LogP contribution in [0.5, 0.6) is 0 Å². The molecular weight excluding hydrogens is 284 g/mol. The van der Waals surface area contributed by atoms with Crippen molar-refractivity contribution in [3.63, 3.8) is 0 Å². The fourth-order valence-corrected chi connectivity index (χ4v) is 3.15. The Morgan fingerprint density at radius 1 is 1.24 bits per heavy atom. The van der Waals surface area contributed by atoms with Crippen molar-refractivity contribution < 1.29 is 0 Å². The zero-order valence-electron chi connectivity index (χ0n) is 12.9. The highest BCUT2D eigenvalue weighted by Crippen LogP contribution is 2.21. The summed E-state index contributed by atoms with van der Waals surface area (Å²) in [5, 5.41) is 9.50. The van der Waals surface area contributed by atoms with Crippen molar-refractivity contribution in [1.29, 1.82) is 0 Å². The summed E-state index contributed by atoms with van der Waals surface area (Å²) in [4.78, 5) is 2.53. The van der Waals surface area contributed by atoms with Gasteiger partial charge < -0.3 is 5.32 Å². The number of para-hydroxylation sites is 1. The Kier molecular flexibility index (Phi) is 5.62. The molecule has 2 aromatic rings. The van der Waals surface area contributed by atoms with Gasteiger partial charge in [0.05, 0.1) is 11.2 Å². The molecule has 1 fully saturated rings. The molecule has 1 saturated heterocycles. The predicted molar refractivity (Wildman–Crippen MR) is 90.0 cm³/mol. The summed E-state index contributed by atoms with van der Waals surface area (Å²) in [5.74, 6) is 0. The van der Waals surface area contributed by atoms with Crippen molar-refractivity contribution in [3.8, 4) is 0 Å². The molecule has 0 aliphatic carbocycles. The number of likely N-dealkylation sites (tertiary alicyclic amines) is 1. The minimum atomic E-state index is 0. The molecule has 0 saturated carbocycles. The lowest BCUT2D eigenvalue weighted by Gasteiger charge is -2.31. The molecule has 2 heterocycles. The summed E-state index contributed by atoms with van der Waals surface area (Å²) < 4.78 is 2.12. The Hall–Kier alpha value is -1.10. The number of piperidine rings is 1. The largest absolute Gasteiger partial charge is 0.317 e. The lowest BCUT2D eigenvalue weighted by molar-refractivity contribution is 0.193. The maximum Gasteiger partial charge on any atom is 0.0843 e. The van der Waals surface area contributed by atoms with Crippen molar-refractivity contribution in [2.45, 2.75) is 38.9 Å². The summed E-state index contributed by atoms with van der Waals surface area (Å²) >= 11 is 0. The monoisotopic (exact) mass is 308 g/mol. The third-order valence-electron chi connectivity index (χ3n) is 4.40. The van der Waals surface area contributed by atoms with E-state index in [1.807, 2.05) is 0 Å². The fourth-order valence-electron chi connectivity index (χ4n) is 3.15. The highest BCUT2D eigenvalue weighted by molar-refractivity contribution is 5.85. The van der Waals surface area contributed by atoms with Gasteiger partial charge >= 0.3 is 0 Å². The molecule has 1 aliphatic rings. The van der Waals surface area contributed by atoms with Crippen LogP contribution < -0.4 is 5.32 Å². The molecule has 5 heteroatoms. The highest BCUT2D eigenvalue weighted by atomic mass is 35.5. The van der Waals surface area contributed by atoms with E-state index in [1.165, 1.54) is 42.5 Å². The standard InChI is InChI=1S/C16H24N4.ClH/c1-3-20-16-7-5-4-6-14(16)15(18-20)12-19-10-8-13(17-2)9-11-19;/h4-7,13,17H,3,8-12H2,1-2H3;1H. The first-order valence-corrected chi connectivity index (χ1v) is 7.66. The molecule has 0 radical (unpaired) electrons. The summed E-state index contributed by atoms with van der Waals surface area (Å²) in [5.41, 5.74) is 2.49. The second-order valence-electron chi connectivity index (χ2n) is 5.62. The van der Waals surface area contributed by atoms with Gasteiger partial charge in [0.2, 0.25) is 0 Å². The normalized spacial score (nSPS) is 17.0. The number of aromatic nitrogens is 2. The molecule has 1 aliphatic heterocycles. The molecule has 3 rings (SSSR count). The maximum atomic E-state index is 4.80. The molecule has 0 bridgehead atoms. The average molecular weight is 309 g/mol. The Morgan fingerprint density at radius 3 is 2.62 bits per heavy atom. The number of fused-ring (bicyclic) bond motifs is 1. The van der Waals surface area contributed by atoms with E-state index in [1.54, 1.807) is 0 Å². The Bertz CT molecular complexity index is 573. The number of nitrogens with zero attached hydrogens (tertiary/aromatic N) is 3. The lowest BCUT2D eigenvalue weighted by Crippen LogP contribution is -2.40. The minimum absolute atomic E-state index is 0. The molecule has 21 heavy (non-hydrogen) atoms. The molecule has 0 atom stereocenters. The minimum Gasteiger partial charge on any atom is -0.317 e. The third kappa shape index (κ3) is 3.39. The second-order valence-corrected chi connectivity index (χ2v) is 5.62. The van der Waals surface area contributed by atoms with Gasteiger partial charge in [-0.05, 0) is 32.9 Å². The predicted octanol–water partition coefficient (Wildman–Crippen LogP) is 2.66. The fraction of sp³-hybridized carbons (Fsp3) is 0.562. The number of rotatable bonds is 4. The summed E-state index contributed by atoms with van der Waals surface area (Å²) in [6.07, 6.45) is 2.48. The van der Waals surface area contributed by atoms with E-state index in [2.05, 4.69) is 53.1 Å². The van der Waals surface area contributed by atoms with Crippen molar-refractivity contribution >= 4 is 23.3 Å². The van der Waals surface area contributed by atoms with Gasteiger partial charge in [-0.2, -0.15) is 5.10 Å². The van der Waals surface area contributed by atoms with E-state index in [0.29, 0.717) is 6.04 Å². The first-order valence-electron chi connectivity index (χ1n) is 7.66. The second kappa shape index (κ2) is 7.25. The molecule has 1 aromatic heterocycles. The van der Waals surface area contributed by atoms with Gasteiger partial charge in [0.15, 0.2) is 0 Å². The van der Waals surface area contributed by atoms with Gasteiger partial charge in [-0.25, -0.2) is 0 Å². The number of aryl methyl sites for hydroxylation is 1. The SMILES string of the molecule is CCn1nc(CN2CCC(NC)CC2)c2ccccc21.Cl. The zero-order chi connectivity index (χ0) is 13.9. The quantitative estimate of drug-likeness (QED) is 0.942. The third-order valence-corrected chi connectivity index (χ3v) is 4.40. The van der Waals surface area contributed by atoms with Crippen molar-refractivity contribution in [2.24, 2.45) is 0 Å². The van der Waals surface area contributed by atoms with E-state index in [4.69, 9.17) is 5.10 Å². The van der Waals surface area contributed by atoms with E-state index in [9.17, 15) is 0 Å². The molecule has 1 N–H and O–H groups in total. The first-order chi connectivity index (χ1) is 9.81. The Labute approximate surface area is 132 Å². The van der Waals surface area contributed by atoms with Crippen LogP contribution in [0, 0.1) is 0 Å². The van der Waals surface area contributed by atoms with Crippen LogP contribution in [0.15, 0.2) is 24.3 Å². The maximum absolute atomic E-state index is 4.80. The van der Waals surface area contributed by atoms with E-state index in [0.717, 1.165) is 13.1 Å². The Balaban J connectivity index is 0.00000161. The van der Waals surface area contributed by atoms with Crippen LogP contribution in [0.1, 0.15) is 25.5 Å². The highest BCUT2D eigenvalue weighted by Gasteiger charge is 2.19. The van der Waals surface area contributed by atoms with Gasteiger partial charge in [-0.3, -0.25) is 9.58 Å². The van der Waals surface area contributed by atoms with Crippen LogP contribution in [-0.4, -0.2) is 40.9 Å². The van der Waals surface area contributed by atoms with Gasteiger partial charge in [-0.15, -0.1) is 12.4 Å². The number of hydrogen-bond acceptors (Lipinski definition) is 3. The van der Waals surface area contributed by atoms with Crippen LogP contribution in [-0.2, 0) is 13.1 Å². The Morgan fingerprint density at radius 2 is 1.95 bits per heavy atom. The first kappa shape index (κ1) is 16.3. The topological polar surface area (TPSA) is 33.1 Å². The van der Waals surface area contributed by atoms with E-state index < -0.39 is 0 Å². The van der Waals surface area contributed by atoms with Crippen molar-refractivity contribution in [3.05, 3.63) is 30.0 Å². The lowest BCUT2D eigenvalue weighted by atomic mass is 10.0. The molecule has 116 valence electrons. The molecule has 0 spiro atoms. The van der Waals surface area contributed by atoms with Crippen LogP contribution in [0.2, 0.25) is 0 Å². The van der Waals surface area contributed by atoms with Gasteiger partial charge in [0, 0.05) is 37.6 Å². The molecular formula is C16H25ClN4. The number of hydrogen-bond donors (Lipinski definition) is 1. The number of benzene rings is 1. The molecule has 1 aromatic carbocycles. The average Bonchev–Trinajstić information content (AvgIpc) is 2.86. The summed E-state index contributed by atoms with van der Waals surface area (Å²) in [6.45, 7) is 6.39. The van der Waals surface area contributed by atoms with Crippen LogP contribution >= 0.6 is 12.4 Å². The van der Waals surface area contributed by atoms with E-state index >= 15 is 0 Å². The van der Waals surface area contributed by atoms with Gasteiger partial charge in [-0.1, -0.05) is 18.2 Å².